The summed E-state index contributed by atoms with van der Waals surface area (Å²) in [6, 6.07) is 21.0. The molecule has 29 heavy (non-hydrogen) atoms. The molecule has 1 aromatic heterocycles. The number of hydrogen-bond acceptors (Lipinski definition) is 3. The number of carbonyl (C=O) groups excluding carboxylic acids is 1. The van der Waals surface area contributed by atoms with Gasteiger partial charge in [-0.2, -0.15) is 0 Å². The minimum absolute atomic E-state index is 0.0316. The molecule has 0 aliphatic rings. The molecule has 0 aliphatic carbocycles. The molecule has 1 heterocycles. The lowest BCUT2D eigenvalue weighted by Crippen LogP contribution is -2.44. The molecule has 0 fully saturated rings. The van der Waals surface area contributed by atoms with Crippen LogP contribution in [0.2, 0.25) is 5.02 Å². The molecule has 1 amide bonds. The van der Waals surface area contributed by atoms with E-state index in [1.807, 2.05) is 61.6 Å². The molecular formula is C24H25ClN2O2. The molecule has 3 aromatic rings. The Morgan fingerprint density at radius 1 is 1.03 bits per heavy atom. The van der Waals surface area contributed by atoms with Gasteiger partial charge in [0.1, 0.15) is 6.61 Å². The molecule has 0 saturated heterocycles. The first-order chi connectivity index (χ1) is 14.0. The minimum Gasteiger partial charge on any atom is -0.475 e. The number of ether oxygens (including phenoxy) is 1. The van der Waals surface area contributed by atoms with Crippen LogP contribution in [0.4, 0.5) is 0 Å². The Balaban J connectivity index is 1.81. The van der Waals surface area contributed by atoms with Crippen LogP contribution >= 0.6 is 11.6 Å². The van der Waals surface area contributed by atoms with Crippen molar-refractivity contribution in [1.29, 1.82) is 0 Å². The second-order valence-electron chi connectivity index (χ2n) is 7.26. The number of carbonyl (C=O) groups is 1. The van der Waals surface area contributed by atoms with Crippen molar-refractivity contribution in [2.24, 2.45) is 5.92 Å². The topological polar surface area (TPSA) is 42.4 Å². The highest BCUT2D eigenvalue weighted by Crippen LogP contribution is 2.26. The average molecular weight is 409 g/mol. The monoisotopic (exact) mass is 408 g/mol. The minimum atomic E-state index is -0.108. The fraction of sp³-hybridized carbons (Fsp3) is 0.250. The maximum atomic E-state index is 13.4. The van der Waals surface area contributed by atoms with Crippen LogP contribution in [0.15, 0.2) is 72.9 Å². The zero-order valence-corrected chi connectivity index (χ0v) is 17.6. The van der Waals surface area contributed by atoms with E-state index < -0.39 is 0 Å². The van der Waals surface area contributed by atoms with Gasteiger partial charge in [0.15, 0.2) is 0 Å². The van der Waals surface area contributed by atoms with Gasteiger partial charge in [-0.25, -0.2) is 4.98 Å². The van der Waals surface area contributed by atoms with Crippen molar-refractivity contribution >= 4 is 17.5 Å². The number of benzene rings is 2. The Labute approximate surface area is 177 Å². The van der Waals surface area contributed by atoms with Gasteiger partial charge in [-0.05, 0) is 29.2 Å². The number of halogens is 1. The molecule has 2 aromatic carbocycles. The molecule has 0 radical (unpaired) electrons. The first kappa shape index (κ1) is 20.9. The van der Waals surface area contributed by atoms with Crippen LogP contribution in [0.5, 0.6) is 5.88 Å². The molecule has 0 saturated carbocycles. The molecule has 5 heteroatoms. The van der Waals surface area contributed by atoms with Gasteiger partial charge in [0.25, 0.3) is 5.91 Å². The summed E-state index contributed by atoms with van der Waals surface area (Å²) in [5, 5.41) is 0.558. The highest BCUT2D eigenvalue weighted by atomic mass is 35.5. The Kier molecular flexibility index (Phi) is 6.89. The average Bonchev–Trinajstić information content (AvgIpc) is 2.75. The largest absolute Gasteiger partial charge is 0.475 e. The molecule has 0 bridgehead atoms. The van der Waals surface area contributed by atoms with E-state index in [9.17, 15) is 4.79 Å². The van der Waals surface area contributed by atoms with Gasteiger partial charge in [-0.1, -0.05) is 74.0 Å². The van der Waals surface area contributed by atoms with E-state index in [0.29, 0.717) is 23.1 Å². The van der Waals surface area contributed by atoms with Gasteiger partial charge in [0, 0.05) is 24.9 Å². The first-order valence-electron chi connectivity index (χ1n) is 9.63. The number of rotatable bonds is 7. The molecule has 150 valence electrons. The number of hydrogen-bond donors (Lipinski definition) is 0. The third kappa shape index (κ3) is 5.15. The van der Waals surface area contributed by atoms with Crippen molar-refractivity contribution in [3.05, 3.63) is 83.5 Å². The van der Waals surface area contributed by atoms with Gasteiger partial charge in [0.05, 0.1) is 11.1 Å². The maximum Gasteiger partial charge on any atom is 0.254 e. The quantitative estimate of drug-likeness (QED) is 0.512. The van der Waals surface area contributed by atoms with Crippen molar-refractivity contribution in [2.75, 3.05) is 13.7 Å². The summed E-state index contributed by atoms with van der Waals surface area (Å²) < 4.78 is 5.84. The number of likely N-dealkylation sites (N-methyl/N-ethyl adjacent to an activating group) is 1. The van der Waals surface area contributed by atoms with Gasteiger partial charge in [-0.15, -0.1) is 0 Å². The summed E-state index contributed by atoms with van der Waals surface area (Å²) in [6.45, 7) is 4.51. The highest BCUT2D eigenvalue weighted by Gasteiger charge is 2.26. The fourth-order valence-corrected chi connectivity index (χ4v) is 3.36. The van der Waals surface area contributed by atoms with Crippen LogP contribution < -0.4 is 4.74 Å². The molecule has 4 nitrogen and oxygen atoms in total. The van der Waals surface area contributed by atoms with Crippen LogP contribution in [0.1, 0.15) is 24.2 Å². The summed E-state index contributed by atoms with van der Waals surface area (Å²) in [5.74, 6) is 0.668. The number of aromatic nitrogens is 1. The summed E-state index contributed by atoms with van der Waals surface area (Å²) in [4.78, 5) is 19.3. The second kappa shape index (κ2) is 9.57. The fourth-order valence-electron chi connectivity index (χ4n) is 3.25. The normalized spacial score (nSPS) is 11.9. The van der Waals surface area contributed by atoms with Crippen molar-refractivity contribution in [3.63, 3.8) is 0 Å². The van der Waals surface area contributed by atoms with Gasteiger partial charge >= 0.3 is 0 Å². The highest BCUT2D eigenvalue weighted by molar-refractivity contribution is 6.30. The summed E-state index contributed by atoms with van der Waals surface area (Å²) in [7, 11) is 1.83. The van der Waals surface area contributed by atoms with E-state index in [2.05, 4.69) is 18.8 Å². The van der Waals surface area contributed by atoms with E-state index >= 15 is 0 Å². The third-order valence-corrected chi connectivity index (χ3v) is 5.16. The Morgan fingerprint density at radius 2 is 1.72 bits per heavy atom. The van der Waals surface area contributed by atoms with Crippen molar-refractivity contribution in [1.82, 2.24) is 9.88 Å². The molecule has 1 atom stereocenters. The van der Waals surface area contributed by atoms with Gasteiger partial charge in [0.2, 0.25) is 5.88 Å². The van der Waals surface area contributed by atoms with Crippen molar-refractivity contribution in [2.45, 2.75) is 19.9 Å². The molecular weight excluding hydrogens is 384 g/mol. The van der Waals surface area contributed by atoms with Crippen LogP contribution in [-0.4, -0.2) is 35.5 Å². The zero-order chi connectivity index (χ0) is 20.8. The Morgan fingerprint density at radius 3 is 2.38 bits per heavy atom. The lowest BCUT2D eigenvalue weighted by Gasteiger charge is -2.31. The van der Waals surface area contributed by atoms with Crippen LogP contribution in [0.3, 0.4) is 0 Å². The summed E-state index contributed by atoms with van der Waals surface area (Å²) in [6.07, 6.45) is 1.55. The molecule has 0 unspecified atom stereocenters. The first-order valence-corrected chi connectivity index (χ1v) is 10.0. The predicted octanol–water partition coefficient (Wildman–Crippen LogP) is 5.58. The lowest BCUT2D eigenvalue weighted by molar-refractivity contribution is 0.0609. The van der Waals surface area contributed by atoms with Crippen LogP contribution in [-0.2, 0) is 0 Å². The molecule has 0 spiro atoms. The van der Waals surface area contributed by atoms with E-state index in [1.165, 1.54) is 0 Å². The number of amides is 1. The standard InChI is InChI=1S/C24H25ClN2O2/c1-17(2)22(16-29-23-14-13-19(25)15-26-23)27(3)24(28)21-12-8-7-11-20(21)18-9-5-4-6-10-18/h4-15,17,22H,16H2,1-3H3/t22-/m1/s1. The van der Waals surface area contributed by atoms with Crippen LogP contribution in [0, 0.1) is 5.92 Å². The Bertz CT molecular complexity index is 943. The third-order valence-electron chi connectivity index (χ3n) is 4.93. The lowest BCUT2D eigenvalue weighted by atomic mass is 9.97. The molecule has 0 aliphatic heterocycles. The van der Waals surface area contributed by atoms with Crippen molar-refractivity contribution in [3.8, 4) is 17.0 Å². The van der Waals surface area contributed by atoms with Gasteiger partial charge < -0.3 is 9.64 Å². The number of pyridine rings is 1. The summed E-state index contributed by atoms with van der Waals surface area (Å²) >= 11 is 5.88. The zero-order valence-electron chi connectivity index (χ0n) is 16.9. The maximum absolute atomic E-state index is 13.4. The molecule has 3 rings (SSSR count). The van der Waals surface area contributed by atoms with E-state index in [4.69, 9.17) is 16.3 Å². The van der Waals surface area contributed by atoms with Crippen LogP contribution in [0.25, 0.3) is 11.1 Å². The summed E-state index contributed by atoms with van der Waals surface area (Å²) in [5.41, 5.74) is 2.62. The smallest absolute Gasteiger partial charge is 0.254 e. The van der Waals surface area contributed by atoms with E-state index in [0.717, 1.165) is 11.1 Å². The predicted molar refractivity (Wildman–Crippen MR) is 117 cm³/mol. The number of nitrogens with zero attached hydrogens (tertiary/aromatic N) is 2. The second-order valence-corrected chi connectivity index (χ2v) is 7.70. The van der Waals surface area contributed by atoms with Crippen molar-refractivity contribution < 1.29 is 9.53 Å². The van der Waals surface area contributed by atoms with E-state index in [1.54, 1.807) is 23.2 Å². The van der Waals surface area contributed by atoms with Gasteiger partial charge in [-0.3, -0.25) is 4.79 Å². The molecule has 0 N–H and O–H groups in total. The van der Waals surface area contributed by atoms with E-state index in [-0.39, 0.29) is 17.9 Å². The Hall–Kier alpha value is -2.85. The SMILES string of the molecule is CC(C)[C@@H](COc1ccc(Cl)cn1)N(C)C(=O)c1ccccc1-c1ccccc1.